The number of nitrogens with zero attached hydrogens (tertiary/aromatic N) is 2. The Bertz CT molecular complexity index is 475. The number of piperidine rings is 1. The standard InChI is InChI=1S/C18H28N4.HI/c1-3-12-20-18(19-2)21-14-17-11-7-8-13-22(17)15-16-9-5-4-6-10-16;/h3-6,9-10,17H,1,7-8,11-15H2,2H3,(H2,19,20,21);1H. The summed E-state index contributed by atoms with van der Waals surface area (Å²) < 4.78 is 0. The van der Waals surface area contributed by atoms with Gasteiger partial charge in [0.15, 0.2) is 5.96 Å². The Labute approximate surface area is 157 Å². The molecule has 128 valence electrons. The number of guanidine groups is 1. The molecular formula is C18H29IN4. The van der Waals surface area contributed by atoms with Crippen LogP contribution >= 0.6 is 24.0 Å². The van der Waals surface area contributed by atoms with E-state index in [9.17, 15) is 0 Å². The normalized spacial score (nSPS) is 18.8. The number of hydrogen-bond donors (Lipinski definition) is 2. The van der Waals surface area contributed by atoms with E-state index in [0.29, 0.717) is 6.04 Å². The fraction of sp³-hybridized carbons (Fsp3) is 0.500. The zero-order valence-electron chi connectivity index (χ0n) is 14.0. The minimum atomic E-state index is 0. The van der Waals surface area contributed by atoms with Gasteiger partial charge in [0.05, 0.1) is 0 Å². The lowest BCUT2D eigenvalue weighted by Crippen LogP contribution is -2.48. The number of aliphatic imine (C=N–C) groups is 1. The first kappa shape index (κ1) is 20.0. The van der Waals surface area contributed by atoms with Gasteiger partial charge >= 0.3 is 0 Å². The molecule has 0 spiro atoms. The molecule has 2 N–H and O–H groups in total. The van der Waals surface area contributed by atoms with E-state index in [0.717, 1.165) is 25.6 Å². The summed E-state index contributed by atoms with van der Waals surface area (Å²) >= 11 is 0. The molecular weight excluding hydrogens is 399 g/mol. The Kier molecular flexibility index (Phi) is 9.94. The maximum Gasteiger partial charge on any atom is 0.191 e. The molecule has 2 rings (SSSR count). The first-order valence-corrected chi connectivity index (χ1v) is 8.17. The monoisotopic (exact) mass is 428 g/mol. The Balaban J connectivity index is 0.00000264. The van der Waals surface area contributed by atoms with E-state index in [2.05, 4.69) is 57.4 Å². The zero-order chi connectivity index (χ0) is 15.6. The van der Waals surface area contributed by atoms with Crippen LogP contribution in [0.1, 0.15) is 24.8 Å². The van der Waals surface area contributed by atoms with Crippen molar-refractivity contribution in [3.05, 3.63) is 48.6 Å². The zero-order valence-corrected chi connectivity index (χ0v) is 16.3. The van der Waals surface area contributed by atoms with Crippen molar-refractivity contribution in [3.8, 4) is 0 Å². The molecule has 1 atom stereocenters. The maximum atomic E-state index is 4.25. The van der Waals surface area contributed by atoms with Gasteiger partial charge in [-0.15, -0.1) is 30.6 Å². The van der Waals surface area contributed by atoms with Crippen LogP contribution < -0.4 is 10.6 Å². The van der Waals surface area contributed by atoms with E-state index < -0.39 is 0 Å². The highest BCUT2D eigenvalue weighted by molar-refractivity contribution is 14.0. The van der Waals surface area contributed by atoms with Crippen molar-refractivity contribution >= 4 is 29.9 Å². The van der Waals surface area contributed by atoms with Crippen molar-refractivity contribution in [2.45, 2.75) is 31.8 Å². The van der Waals surface area contributed by atoms with Crippen LogP contribution in [0.2, 0.25) is 0 Å². The van der Waals surface area contributed by atoms with Gasteiger partial charge in [-0.05, 0) is 24.9 Å². The van der Waals surface area contributed by atoms with Crippen LogP contribution in [-0.4, -0.2) is 43.6 Å². The van der Waals surface area contributed by atoms with Gasteiger partial charge in [-0.25, -0.2) is 0 Å². The van der Waals surface area contributed by atoms with Crippen molar-refractivity contribution in [2.75, 3.05) is 26.7 Å². The summed E-state index contributed by atoms with van der Waals surface area (Å²) in [4.78, 5) is 6.84. The Morgan fingerprint density at radius 1 is 1.30 bits per heavy atom. The van der Waals surface area contributed by atoms with Gasteiger partial charge in [0.25, 0.3) is 0 Å². The highest BCUT2D eigenvalue weighted by atomic mass is 127. The smallest absolute Gasteiger partial charge is 0.191 e. The van der Waals surface area contributed by atoms with E-state index in [1.807, 2.05) is 6.08 Å². The molecule has 0 amide bonds. The minimum Gasteiger partial charge on any atom is -0.355 e. The lowest BCUT2D eigenvalue weighted by atomic mass is 10.0. The minimum absolute atomic E-state index is 0. The van der Waals surface area contributed by atoms with Crippen molar-refractivity contribution in [3.63, 3.8) is 0 Å². The van der Waals surface area contributed by atoms with E-state index >= 15 is 0 Å². The molecule has 1 saturated heterocycles. The Hall–Kier alpha value is -1.08. The number of hydrogen-bond acceptors (Lipinski definition) is 2. The summed E-state index contributed by atoms with van der Waals surface area (Å²) in [5.41, 5.74) is 1.39. The average molecular weight is 428 g/mol. The van der Waals surface area contributed by atoms with E-state index in [1.165, 1.54) is 31.4 Å². The van der Waals surface area contributed by atoms with Crippen LogP contribution in [0.4, 0.5) is 0 Å². The molecule has 0 aliphatic carbocycles. The average Bonchev–Trinajstić information content (AvgIpc) is 2.57. The Morgan fingerprint density at radius 3 is 2.78 bits per heavy atom. The van der Waals surface area contributed by atoms with Gasteiger partial charge < -0.3 is 10.6 Å². The second kappa shape index (κ2) is 11.5. The van der Waals surface area contributed by atoms with E-state index in [1.54, 1.807) is 7.05 Å². The topological polar surface area (TPSA) is 39.7 Å². The molecule has 1 aromatic rings. The second-order valence-corrected chi connectivity index (χ2v) is 5.73. The molecule has 0 radical (unpaired) electrons. The van der Waals surface area contributed by atoms with Gasteiger partial charge in [-0.3, -0.25) is 9.89 Å². The summed E-state index contributed by atoms with van der Waals surface area (Å²) in [7, 11) is 1.81. The van der Waals surface area contributed by atoms with Gasteiger partial charge in [0.1, 0.15) is 0 Å². The van der Waals surface area contributed by atoms with Crippen molar-refractivity contribution in [2.24, 2.45) is 4.99 Å². The summed E-state index contributed by atoms with van der Waals surface area (Å²) in [6.45, 7) is 7.60. The molecule has 0 aromatic heterocycles. The first-order chi connectivity index (χ1) is 10.8. The highest BCUT2D eigenvalue weighted by Crippen LogP contribution is 2.19. The summed E-state index contributed by atoms with van der Waals surface area (Å²) in [6.07, 6.45) is 5.70. The van der Waals surface area contributed by atoms with Crippen LogP contribution in [0.3, 0.4) is 0 Å². The predicted molar refractivity (Wildman–Crippen MR) is 109 cm³/mol. The number of benzene rings is 1. The third kappa shape index (κ3) is 6.91. The van der Waals surface area contributed by atoms with Gasteiger partial charge in [0.2, 0.25) is 0 Å². The molecule has 5 heteroatoms. The van der Waals surface area contributed by atoms with Crippen molar-refractivity contribution in [1.29, 1.82) is 0 Å². The fourth-order valence-corrected chi connectivity index (χ4v) is 2.92. The molecule has 1 aromatic carbocycles. The number of halogens is 1. The fourth-order valence-electron chi connectivity index (χ4n) is 2.92. The van der Waals surface area contributed by atoms with Gasteiger partial charge in [0, 0.05) is 32.7 Å². The van der Waals surface area contributed by atoms with Crippen molar-refractivity contribution < 1.29 is 0 Å². The first-order valence-electron chi connectivity index (χ1n) is 8.17. The highest BCUT2D eigenvalue weighted by Gasteiger charge is 2.22. The predicted octanol–water partition coefficient (Wildman–Crippen LogP) is 3.01. The SMILES string of the molecule is C=CCNC(=NC)NCC1CCCCN1Cc1ccccc1.I. The third-order valence-electron chi connectivity index (χ3n) is 4.12. The third-order valence-corrected chi connectivity index (χ3v) is 4.12. The van der Waals surface area contributed by atoms with Crippen LogP contribution in [0, 0.1) is 0 Å². The van der Waals surface area contributed by atoms with Crippen LogP contribution in [-0.2, 0) is 6.54 Å². The summed E-state index contributed by atoms with van der Waals surface area (Å²) in [5, 5.41) is 6.66. The lowest BCUT2D eigenvalue weighted by Gasteiger charge is -2.36. The molecule has 4 nitrogen and oxygen atoms in total. The summed E-state index contributed by atoms with van der Waals surface area (Å²) in [6, 6.07) is 11.3. The van der Waals surface area contributed by atoms with Gasteiger partial charge in [-0.1, -0.05) is 42.8 Å². The van der Waals surface area contributed by atoms with Crippen LogP contribution in [0.25, 0.3) is 0 Å². The number of rotatable bonds is 6. The lowest BCUT2D eigenvalue weighted by molar-refractivity contribution is 0.141. The van der Waals surface area contributed by atoms with Gasteiger partial charge in [-0.2, -0.15) is 0 Å². The molecule has 0 saturated carbocycles. The molecule has 1 unspecified atom stereocenters. The van der Waals surface area contributed by atoms with E-state index in [4.69, 9.17) is 0 Å². The molecule has 1 aliphatic rings. The van der Waals surface area contributed by atoms with Crippen LogP contribution in [0.15, 0.2) is 48.0 Å². The molecule has 0 bridgehead atoms. The molecule has 1 fully saturated rings. The number of nitrogens with one attached hydrogen (secondary N) is 2. The van der Waals surface area contributed by atoms with E-state index in [-0.39, 0.29) is 24.0 Å². The maximum absolute atomic E-state index is 4.25. The molecule has 23 heavy (non-hydrogen) atoms. The second-order valence-electron chi connectivity index (χ2n) is 5.73. The largest absolute Gasteiger partial charge is 0.355 e. The molecule has 1 heterocycles. The Morgan fingerprint density at radius 2 is 2.09 bits per heavy atom. The van der Waals surface area contributed by atoms with Crippen molar-refractivity contribution in [1.82, 2.24) is 15.5 Å². The summed E-state index contributed by atoms with van der Waals surface area (Å²) in [5.74, 6) is 0.852. The quantitative estimate of drug-likeness (QED) is 0.317. The number of likely N-dealkylation sites (tertiary alicyclic amines) is 1. The van der Waals surface area contributed by atoms with Crippen LogP contribution in [0.5, 0.6) is 0 Å². The molecule has 1 aliphatic heterocycles.